The van der Waals surface area contributed by atoms with Gasteiger partial charge in [-0.3, -0.25) is 14.3 Å². The average molecular weight is 532 g/mol. The lowest BCUT2D eigenvalue weighted by molar-refractivity contribution is -0.135. The van der Waals surface area contributed by atoms with Crippen molar-refractivity contribution < 1.29 is 9.59 Å². The number of carbonyl (C=O) groups is 2. The van der Waals surface area contributed by atoms with E-state index in [1.54, 1.807) is 33.3 Å². The number of aryl methyl sites for hydroxylation is 1. The van der Waals surface area contributed by atoms with Crippen molar-refractivity contribution in [3.63, 3.8) is 0 Å². The van der Waals surface area contributed by atoms with E-state index >= 15 is 0 Å². The van der Waals surface area contributed by atoms with Gasteiger partial charge in [0.2, 0.25) is 17.8 Å². The summed E-state index contributed by atoms with van der Waals surface area (Å²) in [5, 5.41) is 14.5. The second-order valence-electron chi connectivity index (χ2n) is 9.36. The number of carbonyl (C=O) groups excluding carboxylic acids is 2. The summed E-state index contributed by atoms with van der Waals surface area (Å²) in [7, 11) is 9.16. The van der Waals surface area contributed by atoms with E-state index in [4.69, 9.17) is 0 Å². The molecule has 3 rings (SSSR count). The average Bonchev–Trinajstić information content (AvgIpc) is 3.29. The van der Waals surface area contributed by atoms with E-state index in [1.165, 1.54) is 11.0 Å². The molecule has 0 spiro atoms. The maximum Gasteiger partial charge on any atom is 0.246 e. The van der Waals surface area contributed by atoms with Crippen LogP contribution >= 0.6 is 0 Å². The molecule has 0 radical (unpaired) electrons. The van der Waals surface area contributed by atoms with Gasteiger partial charge in [0.05, 0.1) is 23.5 Å². The van der Waals surface area contributed by atoms with Crippen molar-refractivity contribution in [3.05, 3.63) is 48.3 Å². The Morgan fingerprint density at radius 3 is 2.74 bits per heavy atom. The molecule has 0 unspecified atom stereocenters. The van der Waals surface area contributed by atoms with Gasteiger partial charge in [-0.2, -0.15) is 10.1 Å². The van der Waals surface area contributed by atoms with Crippen molar-refractivity contribution in [3.8, 4) is 11.8 Å². The summed E-state index contributed by atoms with van der Waals surface area (Å²) < 4.78 is 1.82. The lowest BCUT2D eigenvalue weighted by Gasteiger charge is -2.23. The highest BCUT2D eigenvalue weighted by molar-refractivity contribution is 5.92. The number of aromatic nitrogens is 4. The van der Waals surface area contributed by atoms with Crippen LogP contribution in [0.15, 0.2) is 42.7 Å². The highest BCUT2D eigenvalue weighted by Gasteiger charge is 2.20. The largest absolute Gasteiger partial charge is 0.372 e. The van der Waals surface area contributed by atoms with Crippen LogP contribution in [0.1, 0.15) is 25.3 Å². The molecule has 0 bridgehead atoms. The number of hydrogen-bond donors (Lipinski definition) is 3. The van der Waals surface area contributed by atoms with Crippen LogP contribution in [0.4, 0.5) is 17.5 Å². The van der Waals surface area contributed by atoms with Crippen LogP contribution in [0, 0.1) is 11.8 Å². The molecule has 11 heteroatoms. The summed E-state index contributed by atoms with van der Waals surface area (Å²) in [5.74, 6) is 6.90. The molecule has 0 fully saturated rings. The Kier molecular flexibility index (Phi) is 10.4. The first-order chi connectivity index (χ1) is 18.7. The Hall–Kier alpha value is -4.43. The smallest absolute Gasteiger partial charge is 0.246 e. The van der Waals surface area contributed by atoms with Gasteiger partial charge in [-0.25, -0.2) is 4.98 Å². The van der Waals surface area contributed by atoms with Crippen molar-refractivity contribution in [2.24, 2.45) is 7.05 Å². The number of amides is 2. The molecule has 2 aromatic heterocycles. The van der Waals surface area contributed by atoms with Crippen molar-refractivity contribution >= 4 is 40.2 Å². The zero-order valence-corrected chi connectivity index (χ0v) is 23.4. The molecule has 0 aliphatic heterocycles. The van der Waals surface area contributed by atoms with Gasteiger partial charge in [-0.1, -0.05) is 17.9 Å². The fourth-order valence-electron chi connectivity index (χ4n) is 3.64. The predicted molar refractivity (Wildman–Crippen MR) is 155 cm³/mol. The normalized spacial score (nSPS) is 11.8. The lowest BCUT2D eigenvalue weighted by Crippen LogP contribution is -2.45. The highest BCUT2D eigenvalue weighted by Crippen LogP contribution is 2.21. The van der Waals surface area contributed by atoms with Crippen LogP contribution in [-0.2, 0) is 16.6 Å². The first-order valence-corrected chi connectivity index (χ1v) is 12.8. The summed E-state index contributed by atoms with van der Waals surface area (Å²) in [5.41, 5.74) is 2.60. The van der Waals surface area contributed by atoms with Gasteiger partial charge in [0.1, 0.15) is 11.9 Å². The van der Waals surface area contributed by atoms with Crippen molar-refractivity contribution in [1.82, 2.24) is 34.9 Å². The number of hydrogen-bond acceptors (Lipinski definition) is 8. The number of unbranched alkanes of at least 4 members (excludes halogenated alkanes) is 1. The maximum absolute atomic E-state index is 12.4. The fraction of sp³-hybridized carbons (Fsp3) is 0.393. The molecular weight excluding hydrogens is 494 g/mol. The number of anilines is 3. The monoisotopic (exact) mass is 531 g/mol. The van der Waals surface area contributed by atoms with Crippen molar-refractivity contribution in [2.45, 2.75) is 25.8 Å². The summed E-state index contributed by atoms with van der Waals surface area (Å²) in [6.07, 6.45) is 8.03. The lowest BCUT2D eigenvalue weighted by atomic mass is 10.2. The summed E-state index contributed by atoms with van der Waals surface area (Å²) >= 11 is 0. The van der Waals surface area contributed by atoms with Gasteiger partial charge in [-0.05, 0) is 45.6 Å². The Morgan fingerprint density at radius 1 is 1.21 bits per heavy atom. The van der Waals surface area contributed by atoms with Crippen LogP contribution in [0.2, 0.25) is 0 Å². The van der Waals surface area contributed by atoms with Crippen LogP contribution in [-0.4, -0.2) is 88.7 Å². The van der Waals surface area contributed by atoms with Gasteiger partial charge < -0.3 is 25.8 Å². The molecule has 39 heavy (non-hydrogen) atoms. The van der Waals surface area contributed by atoms with E-state index in [0.717, 1.165) is 16.6 Å². The van der Waals surface area contributed by atoms with Crippen LogP contribution in [0.3, 0.4) is 0 Å². The molecule has 1 atom stereocenters. The molecular formula is C28H37N9O2. The van der Waals surface area contributed by atoms with E-state index in [9.17, 15) is 9.59 Å². The number of nitrogens with zero attached hydrogens (tertiary/aromatic N) is 6. The molecule has 11 nitrogen and oxygen atoms in total. The Labute approximate surface area is 229 Å². The summed E-state index contributed by atoms with van der Waals surface area (Å²) in [6.45, 7) is 2.84. The standard InChI is InChI=1S/C28H37N9O2/c1-20(36(5)25(38)12-10-16-35(3)4)27(39)30-15-9-7-8-11-21-18-31-28(34-26(21)29-2)33-23-13-14-24-22(17-23)19-32-37(24)6/h10,12-14,17-20H,7,9,15-16H2,1-6H3,(H,30,39)(H2,29,31,33,34)/b12-10+/t20-/m0/s1. The molecule has 3 aromatic rings. The zero-order chi connectivity index (χ0) is 28.4. The zero-order valence-electron chi connectivity index (χ0n) is 23.4. The highest BCUT2D eigenvalue weighted by atomic mass is 16.2. The molecule has 0 saturated carbocycles. The van der Waals surface area contributed by atoms with E-state index in [-0.39, 0.29) is 11.8 Å². The number of nitrogens with one attached hydrogen (secondary N) is 3. The van der Waals surface area contributed by atoms with E-state index < -0.39 is 6.04 Å². The molecule has 0 aliphatic carbocycles. The molecule has 0 aliphatic rings. The van der Waals surface area contributed by atoms with E-state index in [1.807, 2.05) is 55.1 Å². The summed E-state index contributed by atoms with van der Waals surface area (Å²) in [6, 6.07) is 5.38. The number of likely N-dealkylation sites (N-methyl/N-ethyl adjacent to an activating group) is 2. The quantitative estimate of drug-likeness (QED) is 0.196. The molecule has 1 aromatic carbocycles. The third-order valence-corrected chi connectivity index (χ3v) is 6.07. The van der Waals surface area contributed by atoms with Gasteiger partial charge in [0.15, 0.2) is 0 Å². The van der Waals surface area contributed by atoms with Gasteiger partial charge in [-0.15, -0.1) is 0 Å². The van der Waals surface area contributed by atoms with Crippen LogP contribution < -0.4 is 16.0 Å². The topological polar surface area (TPSA) is 120 Å². The molecule has 3 N–H and O–H groups in total. The van der Waals surface area contributed by atoms with Crippen LogP contribution in [0.25, 0.3) is 10.9 Å². The van der Waals surface area contributed by atoms with Crippen molar-refractivity contribution in [2.75, 3.05) is 51.9 Å². The number of fused-ring (bicyclic) bond motifs is 1. The molecule has 0 saturated heterocycles. The molecule has 2 amide bonds. The SMILES string of the molecule is CNc1nc(Nc2ccc3c(cnn3C)c2)ncc1C#CCCCNC(=O)[C@H](C)N(C)C(=O)/C=C/CN(C)C. The van der Waals surface area contributed by atoms with E-state index in [2.05, 4.69) is 42.9 Å². The Bertz CT molecular complexity index is 1380. The Morgan fingerprint density at radius 2 is 2.00 bits per heavy atom. The minimum Gasteiger partial charge on any atom is -0.372 e. The second kappa shape index (κ2) is 13.9. The third-order valence-electron chi connectivity index (χ3n) is 6.07. The fourth-order valence-corrected chi connectivity index (χ4v) is 3.64. The minimum absolute atomic E-state index is 0.198. The predicted octanol–water partition coefficient (Wildman–Crippen LogP) is 2.36. The second-order valence-corrected chi connectivity index (χ2v) is 9.36. The van der Waals surface area contributed by atoms with Crippen LogP contribution in [0.5, 0.6) is 0 Å². The number of rotatable bonds is 11. The van der Waals surface area contributed by atoms with Gasteiger partial charge in [0.25, 0.3) is 0 Å². The van der Waals surface area contributed by atoms with Crippen molar-refractivity contribution in [1.29, 1.82) is 0 Å². The first kappa shape index (κ1) is 29.1. The molecule has 2 heterocycles. The maximum atomic E-state index is 12.4. The minimum atomic E-state index is -0.568. The van der Waals surface area contributed by atoms with E-state index in [0.29, 0.717) is 43.3 Å². The van der Waals surface area contributed by atoms with Gasteiger partial charge in [0, 0.05) is 57.8 Å². The molecule has 206 valence electrons. The summed E-state index contributed by atoms with van der Waals surface area (Å²) in [4.78, 5) is 37.0. The third kappa shape index (κ3) is 8.28. The first-order valence-electron chi connectivity index (χ1n) is 12.8. The number of benzene rings is 1. The van der Waals surface area contributed by atoms with Gasteiger partial charge >= 0.3 is 0 Å². The Balaban J connectivity index is 1.47.